The number of hydrogen-bond acceptors (Lipinski definition) is 3. The number of halogens is 1. The van der Waals surface area contributed by atoms with E-state index in [9.17, 15) is 4.79 Å². The van der Waals surface area contributed by atoms with Crippen molar-refractivity contribution < 1.29 is 4.79 Å². The zero-order chi connectivity index (χ0) is 16.1. The molecule has 1 aromatic carbocycles. The molecule has 130 valence electrons. The second-order valence-corrected chi connectivity index (χ2v) is 6.25. The van der Waals surface area contributed by atoms with Crippen molar-refractivity contribution in [3.05, 3.63) is 48.3 Å². The fourth-order valence-electron chi connectivity index (χ4n) is 3.06. The largest absolute Gasteiger partial charge is 0.356 e. The van der Waals surface area contributed by atoms with Gasteiger partial charge >= 0.3 is 0 Å². The van der Waals surface area contributed by atoms with E-state index >= 15 is 0 Å². The number of benzene rings is 1. The second kappa shape index (κ2) is 8.85. The molecule has 0 aliphatic carbocycles. The van der Waals surface area contributed by atoms with Gasteiger partial charge in [-0.3, -0.25) is 4.79 Å². The van der Waals surface area contributed by atoms with Gasteiger partial charge in [-0.2, -0.15) is 5.10 Å². The van der Waals surface area contributed by atoms with Crippen LogP contribution in [-0.4, -0.2) is 34.8 Å². The zero-order valence-corrected chi connectivity index (χ0v) is 14.8. The highest BCUT2D eigenvalue weighted by Crippen LogP contribution is 2.16. The average Bonchev–Trinajstić information content (AvgIpc) is 3.04. The summed E-state index contributed by atoms with van der Waals surface area (Å²) in [5.41, 5.74) is 2.18. The van der Waals surface area contributed by atoms with Crippen LogP contribution >= 0.6 is 12.4 Å². The van der Waals surface area contributed by atoms with Crippen molar-refractivity contribution in [2.24, 2.45) is 5.92 Å². The highest BCUT2D eigenvalue weighted by atomic mass is 35.5. The van der Waals surface area contributed by atoms with E-state index in [0.29, 0.717) is 12.6 Å². The Morgan fingerprint density at radius 2 is 2.17 bits per heavy atom. The molecule has 0 bridgehead atoms. The summed E-state index contributed by atoms with van der Waals surface area (Å²) in [5.74, 6) is 0.340. The van der Waals surface area contributed by atoms with Crippen LogP contribution in [0, 0.1) is 5.92 Å². The molecule has 0 spiro atoms. The number of aromatic nitrogens is 2. The number of nitrogens with one attached hydrogen (secondary N) is 2. The molecule has 2 aromatic rings. The predicted octanol–water partition coefficient (Wildman–Crippen LogP) is 2.34. The molecule has 24 heavy (non-hydrogen) atoms. The van der Waals surface area contributed by atoms with Crippen LogP contribution in [0.4, 0.5) is 0 Å². The summed E-state index contributed by atoms with van der Waals surface area (Å²) in [5, 5.41) is 10.8. The number of rotatable bonds is 5. The lowest BCUT2D eigenvalue weighted by molar-refractivity contribution is -0.126. The lowest BCUT2D eigenvalue weighted by Gasteiger charge is -2.27. The van der Waals surface area contributed by atoms with Crippen molar-refractivity contribution in [1.29, 1.82) is 0 Å². The van der Waals surface area contributed by atoms with Gasteiger partial charge < -0.3 is 10.6 Å². The van der Waals surface area contributed by atoms with Crippen molar-refractivity contribution in [3.63, 3.8) is 0 Å². The first-order valence-corrected chi connectivity index (χ1v) is 8.32. The summed E-state index contributed by atoms with van der Waals surface area (Å²) in [4.78, 5) is 12.2. The van der Waals surface area contributed by atoms with Crippen LogP contribution in [0.2, 0.25) is 0 Å². The van der Waals surface area contributed by atoms with Crippen LogP contribution in [-0.2, 0) is 11.2 Å². The molecule has 6 heteroatoms. The number of hydrogen-bond donors (Lipinski definition) is 2. The van der Waals surface area contributed by atoms with Gasteiger partial charge in [0.15, 0.2) is 0 Å². The van der Waals surface area contributed by atoms with Crippen LogP contribution in [0.25, 0.3) is 5.69 Å². The minimum Gasteiger partial charge on any atom is -0.356 e. The molecule has 2 N–H and O–H groups in total. The van der Waals surface area contributed by atoms with E-state index in [0.717, 1.165) is 37.1 Å². The maximum absolute atomic E-state index is 12.2. The van der Waals surface area contributed by atoms with Gasteiger partial charge in [0.25, 0.3) is 0 Å². The van der Waals surface area contributed by atoms with E-state index in [1.807, 2.05) is 47.4 Å². The van der Waals surface area contributed by atoms with E-state index in [-0.39, 0.29) is 24.2 Å². The first-order chi connectivity index (χ1) is 11.2. The van der Waals surface area contributed by atoms with Crippen LogP contribution in [0.15, 0.2) is 42.7 Å². The van der Waals surface area contributed by atoms with Gasteiger partial charge in [0.1, 0.15) is 0 Å². The van der Waals surface area contributed by atoms with Gasteiger partial charge in [0.05, 0.1) is 11.9 Å². The summed E-state index contributed by atoms with van der Waals surface area (Å²) in [7, 11) is 0. The van der Waals surface area contributed by atoms with Crippen LogP contribution in [0.5, 0.6) is 0 Å². The number of para-hydroxylation sites is 1. The number of carbonyl (C=O) groups is 1. The van der Waals surface area contributed by atoms with Crippen molar-refractivity contribution in [3.8, 4) is 5.69 Å². The van der Waals surface area contributed by atoms with Gasteiger partial charge in [-0.1, -0.05) is 18.2 Å². The maximum atomic E-state index is 12.2. The van der Waals surface area contributed by atoms with E-state index in [2.05, 4.69) is 22.7 Å². The molecule has 1 saturated heterocycles. The Morgan fingerprint density at radius 1 is 1.38 bits per heavy atom. The molecular formula is C18H25ClN4O. The van der Waals surface area contributed by atoms with Gasteiger partial charge in [0, 0.05) is 24.7 Å². The Bertz CT molecular complexity index is 643. The van der Waals surface area contributed by atoms with Crippen molar-refractivity contribution in [2.45, 2.75) is 32.2 Å². The summed E-state index contributed by atoms with van der Waals surface area (Å²) in [6.07, 6.45) is 6.55. The van der Waals surface area contributed by atoms with Crippen LogP contribution in [0.3, 0.4) is 0 Å². The van der Waals surface area contributed by atoms with Crippen LogP contribution in [0.1, 0.15) is 25.3 Å². The number of piperidine rings is 1. The highest BCUT2D eigenvalue weighted by Gasteiger charge is 2.24. The van der Waals surface area contributed by atoms with E-state index in [4.69, 9.17) is 0 Å². The molecule has 0 saturated carbocycles. The summed E-state index contributed by atoms with van der Waals surface area (Å²) in [6, 6.07) is 10.5. The fraction of sp³-hybridized carbons (Fsp3) is 0.444. The Morgan fingerprint density at radius 3 is 2.92 bits per heavy atom. The molecule has 1 aliphatic rings. The first-order valence-electron chi connectivity index (χ1n) is 8.32. The van der Waals surface area contributed by atoms with Gasteiger partial charge in [-0.05, 0) is 50.4 Å². The SMILES string of the molecule is C[C@H]1C[C@@H](C(=O)NCCc2cnn(-c3ccccc3)c2)CCN1.Cl. The van der Waals surface area contributed by atoms with E-state index < -0.39 is 0 Å². The number of nitrogens with zero attached hydrogens (tertiary/aromatic N) is 2. The van der Waals surface area contributed by atoms with Gasteiger partial charge in [-0.25, -0.2) is 4.68 Å². The lowest BCUT2D eigenvalue weighted by Crippen LogP contribution is -2.42. The number of carbonyl (C=O) groups excluding carboxylic acids is 1. The average molecular weight is 349 g/mol. The van der Waals surface area contributed by atoms with Crippen molar-refractivity contribution in [1.82, 2.24) is 20.4 Å². The van der Waals surface area contributed by atoms with E-state index in [1.54, 1.807) is 0 Å². The molecule has 5 nitrogen and oxygen atoms in total. The Hall–Kier alpha value is -1.85. The maximum Gasteiger partial charge on any atom is 0.223 e. The quantitative estimate of drug-likeness (QED) is 0.872. The smallest absolute Gasteiger partial charge is 0.223 e. The van der Waals surface area contributed by atoms with Crippen molar-refractivity contribution in [2.75, 3.05) is 13.1 Å². The molecule has 2 atom stereocenters. The second-order valence-electron chi connectivity index (χ2n) is 6.25. The third kappa shape index (κ3) is 4.82. The minimum absolute atomic E-state index is 0. The first kappa shape index (κ1) is 18.5. The third-order valence-electron chi connectivity index (χ3n) is 4.36. The molecule has 1 aliphatic heterocycles. The standard InChI is InChI=1S/C18H24N4O.ClH/c1-14-11-16(8-10-19-14)18(23)20-9-7-15-12-21-22(13-15)17-5-3-2-4-6-17;/h2-6,12-14,16,19H,7-11H2,1H3,(H,20,23);1H/t14-,16-;/m0./s1. The van der Waals surface area contributed by atoms with Crippen molar-refractivity contribution >= 4 is 18.3 Å². The fourth-order valence-corrected chi connectivity index (χ4v) is 3.06. The summed E-state index contributed by atoms with van der Waals surface area (Å²) < 4.78 is 1.87. The Kier molecular flexibility index (Phi) is 6.82. The van der Waals surface area contributed by atoms with Crippen LogP contribution < -0.4 is 10.6 Å². The zero-order valence-electron chi connectivity index (χ0n) is 13.9. The Labute approximate surface area is 149 Å². The molecule has 1 fully saturated rings. The monoisotopic (exact) mass is 348 g/mol. The van der Waals surface area contributed by atoms with Gasteiger partial charge in [0.2, 0.25) is 5.91 Å². The molecule has 3 rings (SSSR count). The number of amides is 1. The third-order valence-corrected chi connectivity index (χ3v) is 4.36. The van der Waals surface area contributed by atoms with Gasteiger partial charge in [-0.15, -0.1) is 12.4 Å². The normalized spacial score (nSPS) is 20.2. The highest BCUT2D eigenvalue weighted by molar-refractivity contribution is 5.85. The molecule has 2 heterocycles. The predicted molar refractivity (Wildman–Crippen MR) is 97.7 cm³/mol. The topological polar surface area (TPSA) is 59.0 Å². The van der Waals surface area contributed by atoms with E-state index in [1.165, 1.54) is 0 Å². The molecule has 1 amide bonds. The summed E-state index contributed by atoms with van der Waals surface area (Å²) in [6.45, 7) is 3.73. The lowest BCUT2D eigenvalue weighted by atomic mass is 9.92. The molecule has 0 unspecified atom stereocenters. The molecular weight excluding hydrogens is 324 g/mol. The summed E-state index contributed by atoms with van der Waals surface area (Å²) >= 11 is 0. The Balaban J connectivity index is 0.00000208. The molecule has 0 radical (unpaired) electrons. The minimum atomic E-state index is 0. The molecule has 1 aromatic heterocycles.